The molecule has 0 amide bonds. The van der Waals surface area contributed by atoms with Crippen molar-refractivity contribution >= 4 is 55.4 Å². The SMILES string of the molecule is c1ccc(-n2c3ccccc3c3cc(-n4c5ccccc5c5ccc6c(c54)-c4ccccc4C64c5ccccc5Sc5ccccc54)ccc32)cc1. The van der Waals surface area contributed by atoms with Crippen molar-refractivity contribution in [2.45, 2.75) is 15.2 Å². The van der Waals surface area contributed by atoms with Crippen molar-refractivity contribution in [2.75, 3.05) is 0 Å². The predicted molar refractivity (Wildman–Crippen MR) is 217 cm³/mol. The first kappa shape index (κ1) is 28.4. The number of benzene rings is 8. The van der Waals surface area contributed by atoms with E-state index in [1.807, 2.05) is 11.8 Å². The van der Waals surface area contributed by atoms with Gasteiger partial charge >= 0.3 is 0 Å². The first-order valence-corrected chi connectivity index (χ1v) is 18.8. The van der Waals surface area contributed by atoms with Crippen LogP contribution in [0, 0.1) is 0 Å². The van der Waals surface area contributed by atoms with Crippen LogP contribution in [0.2, 0.25) is 0 Å². The zero-order valence-corrected chi connectivity index (χ0v) is 28.9. The fourth-order valence-electron chi connectivity index (χ4n) is 9.61. The summed E-state index contributed by atoms with van der Waals surface area (Å²) in [6, 6.07) is 67.7. The molecule has 0 bridgehead atoms. The van der Waals surface area contributed by atoms with E-state index >= 15 is 0 Å². The second kappa shape index (κ2) is 10.4. The van der Waals surface area contributed by atoms with Crippen LogP contribution in [0.1, 0.15) is 22.3 Å². The average molecular weight is 679 g/mol. The smallest absolute Gasteiger partial charge is 0.0736 e. The third-order valence-corrected chi connectivity index (χ3v) is 12.7. The maximum Gasteiger partial charge on any atom is 0.0736 e. The van der Waals surface area contributed by atoms with Gasteiger partial charge in [0.05, 0.1) is 27.5 Å². The molecule has 0 saturated heterocycles. The zero-order valence-electron chi connectivity index (χ0n) is 28.1. The lowest BCUT2D eigenvalue weighted by molar-refractivity contribution is 0.723. The highest BCUT2D eigenvalue weighted by atomic mass is 32.2. The first-order valence-electron chi connectivity index (χ1n) is 17.9. The Bertz CT molecular complexity index is 3060. The molecule has 1 aliphatic heterocycles. The van der Waals surface area contributed by atoms with E-state index in [-0.39, 0.29) is 0 Å². The standard InChI is InChI=1S/C49H30N2S/c1-2-14-31(15-3-1)50-42-22-10-6-17-34(42)37-30-32(26-29-44(37)50)51-43-23-11-5-16-33(43)35-27-28-41-47(48(35)51)36-18-4-7-19-38(36)49(41)39-20-8-12-24-45(39)52-46-25-13-9-21-40(46)49/h1-30H. The van der Waals surface area contributed by atoms with Gasteiger partial charge in [-0.2, -0.15) is 0 Å². The second-order valence-corrected chi connectivity index (χ2v) is 15.1. The number of para-hydroxylation sites is 3. The van der Waals surface area contributed by atoms with Crippen LogP contribution < -0.4 is 0 Å². The molecule has 0 unspecified atom stereocenters. The van der Waals surface area contributed by atoms with Crippen LogP contribution >= 0.6 is 11.8 Å². The van der Waals surface area contributed by atoms with Gasteiger partial charge in [-0.05, 0) is 82.4 Å². The normalized spacial score (nSPS) is 13.8. The number of fused-ring (bicyclic) bond motifs is 16. The molecule has 12 rings (SSSR count). The molecule has 0 fully saturated rings. The number of rotatable bonds is 2. The topological polar surface area (TPSA) is 9.86 Å². The Labute approximate surface area is 305 Å². The summed E-state index contributed by atoms with van der Waals surface area (Å²) in [6.07, 6.45) is 0. The lowest BCUT2D eigenvalue weighted by Gasteiger charge is -2.39. The Balaban J connectivity index is 1.23. The molecule has 2 nitrogen and oxygen atoms in total. The third-order valence-electron chi connectivity index (χ3n) is 11.6. The van der Waals surface area contributed by atoms with Gasteiger partial charge in [0, 0.05) is 48.3 Å². The van der Waals surface area contributed by atoms with E-state index in [0.29, 0.717) is 0 Å². The van der Waals surface area contributed by atoms with E-state index in [4.69, 9.17) is 0 Å². The molecule has 1 aliphatic carbocycles. The lowest BCUT2D eigenvalue weighted by Crippen LogP contribution is -2.31. The molecule has 0 radical (unpaired) electrons. The minimum absolute atomic E-state index is 0.424. The lowest BCUT2D eigenvalue weighted by atomic mass is 9.67. The van der Waals surface area contributed by atoms with Gasteiger partial charge in [0.15, 0.2) is 0 Å². The summed E-state index contributed by atoms with van der Waals surface area (Å²) in [5.74, 6) is 0. The summed E-state index contributed by atoms with van der Waals surface area (Å²) in [6.45, 7) is 0. The molecular weight excluding hydrogens is 649 g/mol. The summed E-state index contributed by atoms with van der Waals surface area (Å²) in [7, 11) is 0. The molecule has 10 aromatic rings. The van der Waals surface area contributed by atoms with Crippen molar-refractivity contribution in [2.24, 2.45) is 0 Å². The molecule has 1 spiro atoms. The van der Waals surface area contributed by atoms with Gasteiger partial charge in [0.2, 0.25) is 0 Å². The van der Waals surface area contributed by atoms with Crippen LogP contribution in [0.4, 0.5) is 0 Å². The number of hydrogen-bond acceptors (Lipinski definition) is 1. The zero-order chi connectivity index (χ0) is 34.0. The van der Waals surface area contributed by atoms with E-state index in [9.17, 15) is 0 Å². The molecule has 0 N–H and O–H groups in total. The third kappa shape index (κ3) is 3.51. The van der Waals surface area contributed by atoms with Crippen molar-refractivity contribution in [3.8, 4) is 22.5 Å². The maximum absolute atomic E-state index is 2.54. The Kier molecular flexibility index (Phi) is 5.67. The van der Waals surface area contributed by atoms with Crippen molar-refractivity contribution in [1.29, 1.82) is 0 Å². The van der Waals surface area contributed by atoms with Crippen LogP contribution in [-0.2, 0) is 5.41 Å². The van der Waals surface area contributed by atoms with E-state index in [2.05, 4.69) is 191 Å². The average Bonchev–Trinajstić information content (AvgIpc) is 3.83. The first-order chi connectivity index (χ1) is 25.8. The highest BCUT2D eigenvalue weighted by molar-refractivity contribution is 7.99. The van der Waals surface area contributed by atoms with Gasteiger partial charge in [-0.25, -0.2) is 0 Å². The summed E-state index contributed by atoms with van der Waals surface area (Å²) in [5.41, 5.74) is 14.9. The molecule has 2 aromatic heterocycles. The van der Waals surface area contributed by atoms with Gasteiger partial charge in [-0.15, -0.1) is 0 Å². The maximum atomic E-state index is 2.54. The minimum atomic E-state index is -0.424. The molecule has 8 aromatic carbocycles. The number of hydrogen-bond donors (Lipinski definition) is 0. The van der Waals surface area contributed by atoms with E-state index < -0.39 is 5.41 Å². The molecule has 3 heteroatoms. The highest BCUT2D eigenvalue weighted by Gasteiger charge is 2.51. The number of aromatic nitrogens is 2. The minimum Gasteiger partial charge on any atom is -0.309 e. The summed E-state index contributed by atoms with van der Waals surface area (Å²) in [4.78, 5) is 2.65. The summed E-state index contributed by atoms with van der Waals surface area (Å²) >= 11 is 1.90. The molecule has 3 heterocycles. The van der Waals surface area contributed by atoms with Crippen LogP contribution in [0.15, 0.2) is 192 Å². The Morgan fingerprint density at radius 3 is 1.69 bits per heavy atom. The van der Waals surface area contributed by atoms with Crippen molar-refractivity contribution in [3.05, 3.63) is 204 Å². The van der Waals surface area contributed by atoms with Gasteiger partial charge in [0.25, 0.3) is 0 Å². The summed E-state index contributed by atoms with van der Waals surface area (Å²) < 4.78 is 4.94. The Morgan fingerprint density at radius 1 is 0.365 bits per heavy atom. The number of nitrogens with zero attached hydrogens (tertiary/aromatic N) is 2. The van der Waals surface area contributed by atoms with E-state index in [0.717, 1.165) is 0 Å². The Morgan fingerprint density at radius 2 is 0.942 bits per heavy atom. The molecular formula is C49H30N2S. The van der Waals surface area contributed by atoms with Gasteiger partial charge in [-0.3, -0.25) is 0 Å². The van der Waals surface area contributed by atoms with Crippen LogP contribution in [0.5, 0.6) is 0 Å². The van der Waals surface area contributed by atoms with Crippen LogP contribution in [0.25, 0.3) is 66.1 Å². The van der Waals surface area contributed by atoms with Crippen molar-refractivity contribution in [1.82, 2.24) is 9.13 Å². The monoisotopic (exact) mass is 678 g/mol. The fourth-order valence-corrected chi connectivity index (χ4v) is 10.8. The van der Waals surface area contributed by atoms with Crippen LogP contribution in [-0.4, -0.2) is 9.13 Å². The highest BCUT2D eigenvalue weighted by Crippen LogP contribution is 2.63. The van der Waals surface area contributed by atoms with Crippen molar-refractivity contribution in [3.63, 3.8) is 0 Å². The molecule has 2 aliphatic rings. The van der Waals surface area contributed by atoms with Gasteiger partial charge in [0.1, 0.15) is 0 Å². The second-order valence-electron chi connectivity index (χ2n) is 14.0. The van der Waals surface area contributed by atoms with Crippen molar-refractivity contribution < 1.29 is 0 Å². The quantitative estimate of drug-likeness (QED) is 0.177. The van der Waals surface area contributed by atoms with Gasteiger partial charge < -0.3 is 9.13 Å². The van der Waals surface area contributed by atoms with Crippen LogP contribution in [0.3, 0.4) is 0 Å². The summed E-state index contributed by atoms with van der Waals surface area (Å²) in [5, 5.41) is 5.05. The van der Waals surface area contributed by atoms with E-state index in [1.54, 1.807) is 0 Å². The molecule has 0 atom stereocenters. The molecule has 0 saturated carbocycles. The molecule has 52 heavy (non-hydrogen) atoms. The predicted octanol–water partition coefficient (Wildman–Crippen LogP) is 12.7. The largest absolute Gasteiger partial charge is 0.309 e. The van der Waals surface area contributed by atoms with Gasteiger partial charge in [-0.1, -0.05) is 139 Å². The fraction of sp³-hybridized carbons (Fsp3) is 0.0204. The molecule has 242 valence electrons. The Hall–Kier alpha value is -6.29. The van der Waals surface area contributed by atoms with E-state index in [1.165, 1.54) is 98.2 Å².